The van der Waals surface area contributed by atoms with E-state index in [1.807, 2.05) is 24.5 Å². The van der Waals surface area contributed by atoms with Gasteiger partial charge in [0.1, 0.15) is 0 Å². The molecule has 0 aliphatic carbocycles. The Morgan fingerprint density at radius 1 is 1.27 bits per heavy atom. The van der Waals surface area contributed by atoms with E-state index >= 15 is 0 Å². The van der Waals surface area contributed by atoms with E-state index in [9.17, 15) is 0 Å². The smallest absolute Gasteiger partial charge is 0.326 e. The van der Waals surface area contributed by atoms with Crippen molar-refractivity contribution >= 4 is 0 Å². The predicted octanol–water partition coefficient (Wildman–Crippen LogP) is 1.17. The molecule has 0 fully saturated rings. The lowest BCUT2D eigenvalue weighted by Gasteiger charge is -1.89. The molecule has 0 spiro atoms. The van der Waals surface area contributed by atoms with E-state index in [2.05, 4.69) is 10.2 Å². The minimum absolute atomic E-state index is 0.507. The van der Waals surface area contributed by atoms with Crippen LogP contribution in [0.2, 0.25) is 0 Å². The van der Waals surface area contributed by atoms with Crippen molar-refractivity contribution in [1.82, 2.24) is 14.8 Å². The van der Waals surface area contributed by atoms with E-state index in [0.29, 0.717) is 11.9 Å². The summed E-state index contributed by atoms with van der Waals surface area (Å²) < 4.78 is 6.93. The molecule has 0 N–H and O–H groups in total. The molecular formula is C7H7N3O. The molecule has 0 radical (unpaired) electrons. The van der Waals surface area contributed by atoms with Gasteiger partial charge in [0.15, 0.2) is 0 Å². The Morgan fingerprint density at radius 3 is 2.55 bits per heavy atom. The standard InChI is InChI=1S/C7H7N3O/c1-6-8-9-7(11-6)10-4-2-3-5-10/h2-5H,1H3. The maximum Gasteiger partial charge on any atom is 0.326 e. The van der Waals surface area contributed by atoms with Gasteiger partial charge in [0, 0.05) is 19.3 Å². The first kappa shape index (κ1) is 6.15. The zero-order valence-corrected chi connectivity index (χ0v) is 6.06. The van der Waals surface area contributed by atoms with Crippen LogP contribution in [0.15, 0.2) is 28.9 Å². The Balaban J connectivity index is 2.45. The fraction of sp³-hybridized carbons (Fsp3) is 0.143. The van der Waals surface area contributed by atoms with Crippen LogP contribution in [-0.4, -0.2) is 14.8 Å². The van der Waals surface area contributed by atoms with Crippen LogP contribution in [0.25, 0.3) is 6.01 Å². The van der Waals surface area contributed by atoms with Gasteiger partial charge < -0.3 is 4.42 Å². The molecule has 0 unspecified atom stereocenters. The number of hydrogen-bond donors (Lipinski definition) is 0. The van der Waals surface area contributed by atoms with E-state index < -0.39 is 0 Å². The fourth-order valence-electron chi connectivity index (χ4n) is 0.853. The summed E-state index contributed by atoms with van der Waals surface area (Å²) >= 11 is 0. The minimum atomic E-state index is 0.507. The first-order chi connectivity index (χ1) is 5.36. The average molecular weight is 149 g/mol. The van der Waals surface area contributed by atoms with Crippen LogP contribution in [0.3, 0.4) is 0 Å². The predicted molar refractivity (Wildman–Crippen MR) is 38.4 cm³/mol. The van der Waals surface area contributed by atoms with E-state index in [-0.39, 0.29) is 0 Å². The van der Waals surface area contributed by atoms with Gasteiger partial charge in [0.2, 0.25) is 5.89 Å². The van der Waals surface area contributed by atoms with E-state index in [1.165, 1.54) is 0 Å². The summed E-state index contributed by atoms with van der Waals surface area (Å²) in [4.78, 5) is 0. The monoisotopic (exact) mass is 149 g/mol. The van der Waals surface area contributed by atoms with Crippen molar-refractivity contribution in [3.8, 4) is 6.01 Å². The van der Waals surface area contributed by atoms with Crippen molar-refractivity contribution in [3.05, 3.63) is 30.4 Å². The summed E-state index contributed by atoms with van der Waals surface area (Å²) in [6.07, 6.45) is 3.71. The maximum absolute atomic E-state index is 5.17. The molecule has 0 aliphatic rings. The van der Waals surface area contributed by atoms with Gasteiger partial charge in [0.05, 0.1) is 0 Å². The lowest BCUT2D eigenvalue weighted by molar-refractivity contribution is 0.496. The highest BCUT2D eigenvalue weighted by molar-refractivity contribution is 5.07. The van der Waals surface area contributed by atoms with Crippen molar-refractivity contribution in [1.29, 1.82) is 0 Å². The highest BCUT2D eigenvalue weighted by Crippen LogP contribution is 2.04. The molecule has 2 aromatic rings. The molecule has 0 atom stereocenters. The Labute approximate surface area is 63.5 Å². The lowest BCUT2D eigenvalue weighted by atomic mass is 10.7. The summed E-state index contributed by atoms with van der Waals surface area (Å²) in [6, 6.07) is 4.31. The lowest BCUT2D eigenvalue weighted by Crippen LogP contribution is -1.88. The van der Waals surface area contributed by atoms with Crippen molar-refractivity contribution in [2.24, 2.45) is 0 Å². The van der Waals surface area contributed by atoms with Gasteiger partial charge in [-0.15, -0.1) is 5.10 Å². The molecule has 0 aromatic carbocycles. The Bertz CT molecular complexity index is 336. The second-order valence-electron chi connectivity index (χ2n) is 2.19. The fourth-order valence-corrected chi connectivity index (χ4v) is 0.853. The summed E-state index contributed by atoms with van der Waals surface area (Å²) in [5.74, 6) is 0.578. The van der Waals surface area contributed by atoms with E-state index in [1.54, 1.807) is 11.5 Å². The molecule has 0 amide bonds. The van der Waals surface area contributed by atoms with Crippen molar-refractivity contribution in [2.45, 2.75) is 6.92 Å². The minimum Gasteiger partial charge on any atom is -0.408 e. The second kappa shape index (κ2) is 2.23. The van der Waals surface area contributed by atoms with Crippen LogP contribution in [-0.2, 0) is 0 Å². The van der Waals surface area contributed by atoms with Gasteiger partial charge in [-0.3, -0.25) is 4.57 Å². The molecule has 2 heterocycles. The van der Waals surface area contributed by atoms with Crippen molar-refractivity contribution in [2.75, 3.05) is 0 Å². The highest BCUT2D eigenvalue weighted by atomic mass is 16.4. The van der Waals surface area contributed by atoms with Crippen LogP contribution < -0.4 is 0 Å². The maximum atomic E-state index is 5.17. The number of aromatic nitrogens is 3. The SMILES string of the molecule is Cc1nnc(-n2cccc2)o1. The molecule has 2 aromatic heterocycles. The third kappa shape index (κ3) is 1.02. The molecule has 11 heavy (non-hydrogen) atoms. The topological polar surface area (TPSA) is 43.9 Å². The Kier molecular flexibility index (Phi) is 1.25. The van der Waals surface area contributed by atoms with E-state index in [4.69, 9.17) is 4.42 Å². The van der Waals surface area contributed by atoms with Gasteiger partial charge in [-0.1, -0.05) is 5.10 Å². The first-order valence-electron chi connectivity index (χ1n) is 3.30. The van der Waals surface area contributed by atoms with Gasteiger partial charge >= 0.3 is 6.01 Å². The number of rotatable bonds is 1. The average Bonchev–Trinajstić information content (AvgIpc) is 2.55. The zero-order valence-electron chi connectivity index (χ0n) is 6.06. The van der Waals surface area contributed by atoms with E-state index in [0.717, 1.165) is 0 Å². The van der Waals surface area contributed by atoms with Crippen LogP contribution in [0.4, 0.5) is 0 Å². The summed E-state index contributed by atoms with van der Waals surface area (Å²) in [5, 5.41) is 7.54. The Morgan fingerprint density at radius 2 is 2.00 bits per heavy atom. The van der Waals surface area contributed by atoms with Gasteiger partial charge in [-0.05, 0) is 12.1 Å². The molecule has 4 heteroatoms. The summed E-state index contributed by atoms with van der Waals surface area (Å²) in [7, 11) is 0. The number of hydrogen-bond acceptors (Lipinski definition) is 3. The van der Waals surface area contributed by atoms with Crippen LogP contribution in [0, 0.1) is 6.92 Å². The molecule has 0 bridgehead atoms. The molecule has 4 nitrogen and oxygen atoms in total. The highest BCUT2D eigenvalue weighted by Gasteiger charge is 2.01. The molecular weight excluding hydrogens is 142 g/mol. The zero-order chi connectivity index (χ0) is 7.68. The van der Waals surface area contributed by atoms with Gasteiger partial charge in [-0.25, -0.2) is 0 Å². The quantitative estimate of drug-likeness (QED) is 0.611. The van der Waals surface area contributed by atoms with Crippen molar-refractivity contribution < 1.29 is 4.42 Å². The molecule has 0 saturated heterocycles. The largest absolute Gasteiger partial charge is 0.408 e. The number of nitrogens with zero attached hydrogens (tertiary/aromatic N) is 3. The van der Waals surface area contributed by atoms with Gasteiger partial charge in [-0.2, -0.15) is 0 Å². The van der Waals surface area contributed by atoms with Gasteiger partial charge in [0.25, 0.3) is 0 Å². The second-order valence-corrected chi connectivity index (χ2v) is 2.19. The summed E-state index contributed by atoms with van der Waals surface area (Å²) in [5.41, 5.74) is 0. The normalized spacial score (nSPS) is 10.3. The molecule has 0 aliphatic heterocycles. The number of aryl methyl sites for hydroxylation is 1. The van der Waals surface area contributed by atoms with Crippen LogP contribution in [0.1, 0.15) is 5.89 Å². The molecule has 0 saturated carbocycles. The summed E-state index contributed by atoms with van der Waals surface area (Å²) in [6.45, 7) is 1.76. The Hall–Kier alpha value is -1.58. The third-order valence-electron chi connectivity index (χ3n) is 1.34. The third-order valence-corrected chi connectivity index (χ3v) is 1.34. The molecule has 2 rings (SSSR count). The molecule has 56 valence electrons. The van der Waals surface area contributed by atoms with Crippen LogP contribution >= 0.6 is 0 Å². The van der Waals surface area contributed by atoms with Crippen LogP contribution in [0.5, 0.6) is 0 Å². The first-order valence-corrected chi connectivity index (χ1v) is 3.30. The van der Waals surface area contributed by atoms with Crippen molar-refractivity contribution in [3.63, 3.8) is 0 Å².